The standard InChI is InChI=1S/C26H18O2/c1-3-11-19(12-4-1)25-21-15-7-8-16-22(21)26(25,20-13-5-2-6-14-20)28-24-18-10-9-17-23(24)27-25/h1-18H. The molecule has 1 heterocycles. The molecule has 2 atom stereocenters. The molecule has 6 rings (SSSR count). The number of rotatable bonds is 2. The van der Waals surface area contributed by atoms with Crippen molar-refractivity contribution in [2.45, 2.75) is 11.2 Å². The third-order valence-electron chi connectivity index (χ3n) is 5.92. The summed E-state index contributed by atoms with van der Waals surface area (Å²) in [6, 6.07) is 37.2. The van der Waals surface area contributed by atoms with Crippen LogP contribution in [0, 0.1) is 0 Å². The summed E-state index contributed by atoms with van der Waals surface area (Å²) in [6.07, 6.45) is 0. The first-order valence-electron chi connectivity index (χ1n) is 9.54. The fraction of sp³-hybridized carbons (Fsp3) is 0.0769. The van der Waals surface area contributed by atoms with Crippen molar-refractivity contribution >= 4 is 0 Å². The quantitative estimate of drug-likeness (QED) is 0.458. The summed E-state index contributed by atoms with van der Waals surface area (Å²) in [5.41, 5.74) is 3.01. The lowest BCUT2D eigenvalue weighted by atomic mass is 9.54. The minimum Gasteiger partial charge on any atom is -0.469 e. The van der Waals surface area contributed by atoms with Crippen molar-refractivity contribution in [1.82, 2.24) is 0 Å². The Balaban J connectivity index is 1.74. The van der Waals surface area contributed by atoms with Gasteiger partial charge in [-0.15, -0.1) is 0 Å². The molecule has 2 nitrogen and oxygen atoms in total. The largest absolute Gasteiger partial charge is 0.469 e. The zero-order chi connectivity index (χ0) is 18.6. The van der Waals surface area contributed by atoms with Crippen LogP contribution in [0.15, 0.2) is 109 Å². The van der Waals surface area contributed by atoms with Crippen LogP contribution >= 0.6 is 0 Å². The lowest BCUT2D eigenvalue weighted by Crippen LogP contribution is -2.67. The van der Waals surface area contributed by atoms with Gasteiger partial charge >= 0.3 is 0 Å². The Morgan fingerprint density at radius 3 is 1.18 bits per heavy atom. The molecular weight excluding hydrogens is 344 g/mol. The van der Waals surface area contributed by atoms with E-state index in [0.29, 0.717) is 0 Å². The fourth-order valence-electron chi connectivity index (χ4n) is 4.80. The van der Waals surface area contributed by atoms with Gasteiger partial charge in [0.1, 0.15) is 0 Å². The molecule has 134 valence electrons. The number of hydrogen-bond donors (Lipinski definition) is 0. The zero-order valence-electron chi connectivity index (χ0n) is 15.2. The number of hydrogen-bond acceptors (Lipinski definition) is 2. The van der Waals surface area contributed by atoms with Crippen molar-refractivity contribution in [3.63, 3.8) is 0 Å². The Morgan fingerprint density at radius 1 is 0.393 bits per heavy atom. The molecule has 2 aliphatic rings. The Hall–Kier alpha value is -3.52. The van der Waals surface area contributed by atoms with Crippen LogP contribution < -0.4 is 9.47 Å². The highest BCUT2D eigenvalue weighted by molar-refractivity contribution is 5.67. The van der Waals surface area contributed by atoms with Gasteiger partial charge in [0.25, 0.3) is 0 Å². The summed E-state index contributed by atoms with van der Waals surface area (Å²) in [5, 5.41) is 0. The van der Waals surface area contributed by atoms with Crippen LogP contribution in [0.4, 0.5) is 0 Å². The molecule has 0 N–H and O–H groups in total. The second kappa shape index (κ2) is 5.49. The molecule has 0 aromatic heterocycles. The van der Waals surface area contributed by atoms with Gasteiger partial charge < -0.3 is 9.47 Å². The highest BCUT2D eigenvalue weighted by Crippen LogP contribution is 2.66. The average molecular weight is 362 g/mol. The van der Waals surface area contributed by atoms with E-state index in [-0.39, 0.29) is 0 Å². The first kappa shape index (κ1) is 15.5. The van der Waals surface area contributed by atoms with Crippen LogP contribution in [0.3, 0.4) is 0 Å². The lowest BCUT2D eigenvalue weighted by Gasteiger charge is -2.61. The number of benzene rings is 4. The maximum Gasteiger partial charge on any atom is 0.207 e. The first-order valence-corrected chi connectivity index (χ1v) is 9.54. The molecule has 0 spiro atoms. The molecule has 0 radical (unpaired) electrons. The molecule has 4 aromatic carbocycles. The lowest BCUT2D eigenvalue weighted by molar-refractivity contribution is -0.134. The van der Waals surface area contributed by atoms with Crippen molar-refractivity contribution in [1.29, 1.82) is 0 Å². The molecule has 4 aromatic rings. The van der Waals surface area contributed by atoms with Gasteiger partial charge in [0, 0.05) is 22.3 Å². The van der Waals surface area contributed by atoms with E-state index in [1.807, 2.05) is 36.4 Å². The molecule has 0 saturated carbocycles. The van der Waals surface area contributed by atoms with Crippen molar-refractivity contribution in [2.24, 2.45) is 0 Å². The fourth-order valence-corrected chi connectivity index (χ4v) is 4.80. The minimum absolute atomic E-state index is 0.736. The van der Waals surface area contributed by atoms with Crippen molar-refractivity contribution in [3.05, 3.63) is 131 Å². The third kappa shape index (κ3) is 1.73. The molecule has 0 fully saturated rings. The van der Waals surface area contributed by atoms with E-state index in [4.69, 9.17) is 9.47 Å². The second-order valence-corrected chi connectivity index (χ2v) is 7.29. The van der Waals surface area contributed by atoms with E-state index < -0.39 is 11.2 Å². The van der Waals surface area contributed by atoms with Gasteiger partial charge in [0.2, 0.25) is 11.2 Å². The van der Waals surface area contributed by atoms with Crippen LogP contribution in [-0.2, 0) is 11.2 Å². The molecule has 1 aliphatic carbocycles. The topological polar surface area (TPSA) is 18.5 Å². The van der Waals surface area contributed by atoms with E-state index in [9.17, 15) is 0 Å². The predicted molar refractivity (Wildman–Crippen MR) is 109 cm³/mol. The summed E-state index contributed by atoms with van der Waals surface area (Å²) in [5.74, 6) is 1.54. The second-order valence-electron chi connectivity index (χ2n) is 7.29. The first-order chi connectivity index (χ1) is 13.9. The average Bonchev–Trinajstić information content (AvgIpc) is 2.78. The van der Waals surface area contributed by atoms with E-state index >= 15 is 0 Å². The summed E-state index contributed by atoms with van der Waals surface area (Å²) >= 11 is 0. The third-order valence-corrected chi connectivity index (χ3v) is 5.92. The van der Waals surface area contributed by atoms with E-state index in [1.54, 1.807) is 0 Å². The van der Waals surface area contributed by atoms with Gasteiger partial charge in [0.15, 0.2) is 11.5 Å². The number of para-hydroxylation sites is 2. The molecular formula is C26H18O2. The maximum absolute atomic E-state index is 6.86. The Labute approximate surface area is 164 Å². The van der Waals surface area contributed by atoms with Crippen molar-refractivity contribution < 1.29 is 9.47 Å². The van der Waals surface area contributed by atoms with E-state index in [1.165, 1.54) is 0 Å². The Kier molecular flexibility index (Phi) is 3.05. The van der Waals surface area contributed by atoms with Gasteiger partial charge in [-0.1, -0.05) is 97.1 Å². The van der Waals surface area contributed by atoms with Gasteiger partial charge in [-0.3, -0.25) is 0 Å². The predicted octanol–water partition coefficient (Wildman–Crippen LogP) is 5.66. The smallest absolute Gasteiger partial charge is 0.207 e. The summed E-state index contributed by atoms with van der Waals surface area (Å²) in [7, 11) is 0. The summed E-state index contributed by atoms with van der Waals surface area (Å²) in [6.45, 7) is 0. The van der Waals surface area contributed by atoms with Crippen LogP contribution in [0.2, 0.25) is 0 Å². The molecule has 2 unspecified atom stereocenters. The van der Waals surface area contributed by atoms with Crippen molar-refractivity contribution in [3.8, 4) is 11.5 Å². The van der Waals surface area contributed by atoms with Gasteiger partial charge in [0.05, 0.1) is 0 Å². The van der Waals surface area contributed by atoms with Crippen molar-refractivity contribution in [2.75, 3.05) is 0 Å². The van der Waals surface area contributed by atoms with Gasteiger partial charge in [-0.2, -0.15) is 0 Å². The van der Waals surface area contributed by atoms with Crippen LogP contribution in [0.5, 0.6) is 11.5 Å². The summed E-state index contributed by atoms with van der Waals surface area (Å²) in [4.78, 5) is 0. The van der Waals surface area contributed by atoms with Crippen LogP contribution in [0.25, 0.3) is 0 Å². The minimum atomic E-state index is -0.736. The van der Waals surface area contributed by atoms with Gasteiger partial charge in [-0.05, 0) is 12.1 Å². The zero-order valence-corrected chi connectivity index (χ0v) is 15.2. The Morgan fingerprint density at radius 2 is 0.750 bits per heavy atom. The van der Waals surface area contributed by atoms with Crippen LogP contribution in [0.1, 0.15) is 22.3 Å². The van der Waals surface area contributed by atoms with E-state index in [2.05, 4.69) is 72.8 Å². The molecule has 2 heteroatoms. The number of ether oxygens (including phenoxy) is 2. The maximum atomic E-state index is 6.86. The SMILES string of the molecule is c1ccc(C23Oc4ccccc4OC2(c2ccccc2)c2ccccc23)cc1. The van der Waals surface area contributed by atoms with E-state index in [0.717, 1.165) is 33.8 Å². The Bertz CT molecular complexity index is 1080. The van der Waals surface area contributed by atoms with Crippen LogP contribution in [-0.4, -0.2) is 0 Å². The monoisotopic (exact) mass is 362 g/mol. The molecule has 1 aliphatic heterocycles. The highest BCUT2D eigenvalue weighted by Gasteiger charge is 2.71. The molecule has 0 bridgehead atoms. The molecule has 0 amide bonds. The molecule has 0 saturated heterocycles. The normalized spacial score (nSPS) is 23.9. The summed E-state index contributed by atoms with van der Waals surface area (Å²) < 4.78 is 13.7. The molecule has 28 heavy (non-hydrogen) atoms. The number of fused-ring (bicyclic) bond motifs is 5. The van der Waals surface area contributed by atoms with Gasteiger partial charge in [-0.25, -0.2) is 0 Å². The highest BCUT2D eigenvalue weighted by atomic mass is 16.6.